The van der Waals surface area contributed by atoms with Crippen molar-refractivity contribution in [1.82, 2.24) is 24.6 Å². The summed E-state index contributed by atoms with van der Waals surface area (Å²) in [5, 5.41) is 7.40. The van der Waals surface area contributed by atoms with Crippen LogP contribution in [0.25, 0.3) is 10.9 Å². The Morgan fingerprint density at radius 3 is 2.66 bits per heavy atom. The minimum Gasteiger partial charge on any atom is -0.353 e. The first-order chi connectivity index (χ1) is 18.2. The van der Waals surface area contributed by atoms with Crippen LogP contribution in [-0.2, 0) is 23.1 Å². The number of aromatic nitrogens is 3. The fourth-order valence-corrected chi connectivity index (χ4v) is 8.11. The summed E-state index contributed by atoms with van der Waals surface area (Å²) in [6.07, 6.45) is 3.88. The maximum Gasteiger partial charge on any atom is 0.227 e. The van der Waals surface area contributed by atoms with Crippen molar-refractivity contribution in [1.29, 1.82) is 0 Å². The zero-order chi connectivity index (χ0) is 26.2. The van der Waals surface area contributed by atoms with Crippen LogP contribution in [0, 0.1) is 30.0 Å². The largest absolute Gasteiger partial charge is 0.353 e. The van der Waals surface area contributed by atoms with Crippen molar-refractivity contribution < 1.29 is 12.8 Å². The quantitative estimate of drug-likeness (QED) is 0.494. The first-order valence-corrected chi connectivity index (χ1v) is 15.0. The highest BCUT2D eigenvalue weighted by Crippen LogP contribution is 2.41. The summed E-state index contributed by atoms with van der Waals surface area (Å²) in [5.74, 6) is 1.54. The van der Waals surface area contributed by atoms with Crippen LogP contribution in [0.2, 0.25) is 0 Å². The van der Waals surface area contributed by atoms with Crippen molar-refractivity contribution in [3.63, 3.8) is 0 Å². The SMILES string of the molecule is Cc1cc2cnc(Nc3cc4c(cc3F)CN(S(=O)(=O)C[C@H]3CC3C)C4)nc2c(N2CC3(CCNC3)C2)n1. The second-order valence-corrected chi connectivity index (χ2v) is 13.8. The molecule has 11 heteroatoms. The number of nitrogens with one attached hydrogen (secondary N) is 2. The van der Waals surface area contributed by atoms with E-state index in [1.807, 2.05) is 13.0 Å². The molecule has 2 aromatic heterocycles. The van der Waals surface area contributed by atoms with Gasteiger partial charge in [-0.1, -0.05) is 6.92 Å². The van der Waals surface area contributed by atoms with Gasteiger partial charge in [0.1, 0.15) is 11.3 Å². The summed E-state index contributed by atoms with van der Waals surface area (Å²) < 4.78 is 42.4. The molecule has 5 heterocycles. The fraction of sp³-hybridized carbons (Fsp3) is 0.519. The molecule has 1 saturated carbocycles. The standard InChI is InChI=1S/C27H32FN7O2S/c1-16-5-21(16)12-38(36,37)35-10-19-7-22(28)23(8-20(19)11-35)32-26-30-9-18-6-17(2)31-25(24(18)33-26)34-14-27(15-34)3-4-29-13-27/h6-9,16,21,29H,3-5,10-15H2,1-2H3,(H,30,32,33)/t16?,21-/m1/s1. The van der Waals surface area contributed by atoms with Crippen molar-refractivity contribution in [2.45, 2.75) is 39.8 Å². The molecular formula is C27H32FN7O2S. The monoisotopic (exact) mass is 537 g/mol. The molecule has 3 aromatic rings. The molecule has 2 saturated heterocycles. The second kappa shape index (κ2) is 8.56. The van der Waals surface area contributed by atoms with Gasteiger partial charge in [-0.15, -0.1) is 0 Å². The molecule has 0 bridgehead atoms. The third kappa shape index (κ3) is 4.20. The highest BCUT2D eigenvalue weighted by atomic mass is 32.2. The molecule has 2 atom stereocenters. The highest BCUT2D eigenvalue weighted by molar-refractivity contribution is 7.89. The average Bonchev–Trinajstić information content (AvgIpc) is 3.24. The molecule has 9 nitrogen and oxygen atoms in total. The number of sulfonamides is 1. The van der Waals surface area contributed by atoms with Gasteiger partial charge in [-0.05, 0) is 67.5 Å². The van der Waals surface area contributed by atoms with Gasteiger partial charge in [0.05, 0.1) is 11.4 Å². The zero-order valence-corrected chi connectivity index (χ0v) is 22.5. The van der Waals surface area contributed by atoms with Crippen molar-refractivity contribution in [3.8, 4) is 0 Å². The lowest BCUT2D eigenvalue weighted by Gasteiger charge is -2.48. The van der Waals surface area contributed by atoms with E-state index in [-0.39, 0.29) is 36.4 Å². The molecule has 4 aliphatic rings. The number of fused-ring (bicyclic) bond motifs is 2. The van der Waals surface area contributed by atoms with E-state index in [1.54, 1.807) is 12.3 Å². The molecule has 1 spiro atoms. The minimum atomic E-state index is -3.38. The van der Waals surface area contributed by atoms with Gasteiger partial charge in [0, 0.05) is 55.4 Å². The molecule has 38 heavy (non-hydrogen) atoms. The van der Waals surface area contributed by atoms with Crippen LogP contribution in [-0.4, -0.2) is 59.6 Å². The first kappa shape index (κ1) is 24.2. The number of hydrogen-bond donors (Lipinski definition) is 2. The van der Waals surface area contributed by atoms with E-state index < -0.39 is 15.8 Å². The molecule has 2 N–H and O–H groups in total. The number of pyridine rings is 1. The van der Waals surface area contributed by atoms with Crippen molar-refractivity contribution in [2.75, 3.05) is 42.1 Å². The number of halogens is 1. The van der Waals surface area contributed by atoms with Gasteiger partial charge in [-0.2, -0.15) is 4.31 Å². The van der Waals surface area contributed by atoms with E-state index in [4.69, 9.17) is 9.97 Å². The number of anilines is 3. The summed E-state index contributed by atoms with van der Waals surface area (Å²) in [6.45, 7) is 8.49. The molecule has 1 unspecified atom stereocenters. The number of aryl methyl sites for hydroxylation is 1. The summed E-state index contributed by atoms with van der Waals surface area (Å²) in [6, 6.07) is 5.08. The highest BCUT2D eigenvalue weighted by Gasteiger charge is 2.46. The number of hydrogen-bond acceptors (Lipinski definition) is 8. The van der Waals surface area contributed by atoms with E-state index in [9.17, 15) is 8.42 Å². The van der Waals surface area contributed by atoms with E-state index in [2.05, 4.69) is 27.4 Å². The zero-order valence-electron chi connectivity index (χ0n) is 21.7. The predicted molar refractivity (Wildman–Crippen MR) is 144 cm³/mol. The lowest BCUT2D eigenvalue weighted by atomic mass is 9.79. The van der Waals surface area contributed by atoms with E-state index in [0.29, 0.717) is 16.9 Å². The molecule has 1 aromatic carbocycles. The van der Waals surface area contributed by atoms with Crippen LogP contribution in [0.3, 0.4) is 0 Å². The molecule has 3 fully saturated rings. The van der Waals surface area contributed by atoms with Crippen LogP contribution >= 0.6 is 0 Å². The summed E-state index contributed by atoms with van der Waals surface area (Å²) in [4.78, 5) is 16.3. The molecule has 1 aliphatic carbocycles. The number of nitrogens with zero attached hydrogens (tertiary/aromatic N) is 5. The molecule has 7 rings (SSSR count). The average molecular weight is 538 g/mol. The van der Waals surface area contributed by atoms with Gasteiger partial charge >= 0.3 is 0 Å². The Kier molecular flexibility index (Phi) is 5.44. The second-order valence-electron chi connectivity index (χ2n) is 11.7. The Labute approximate surface area is 221 Å². The van der Waals surface area contributed by atoms with Gasteiger partial charge in [0.2, 0.25) is 16.0 Å². The molecule has 0 radical (unpaired) electrons. The van der Waals surface area contributed by atoms with Gasteiger partial charge in [0.15, 0.2) is 5.82 Å². The smallest absolute Gasteiger partial charge is 0.227 e. The number of rotatable bonds is 6. The molecule has 0 amide bonds. The summed E-state index contributed by atoms with van der Waals surface area (Å²) in [5.41, 5.74) is 3.70. The Morgan fingerprint density at radius 2 is 1.95 bits per heavy atom. The predicted octanol–water partition coefficient (Wildman–Crippen LogP) is 3.32. The van der Waals surface area contributed by atoms with E-state index >= 15 is 4.39 Å². The molecule has 3 aliphatic heterocycles. The van der Waals surface area contributed by atoms with Crippen molar-refractivity contribution in [2.24, 2.45) is 17.3 Å². The lowest BCUT2D eigenvalue weighted by Crippen LogP contribution is -2.58. The van der Waals surface area contributed by atoms with E-state index in [1.165, 1.54) is 16.8 Å². The summed E-state index contributed by atoms with van der Waals surface area (Å²) in [7, 11) is -3.38. The Morgan fingerprint density at radius 1 is 1.18 bits per heavy atom. The van der Waals surface area contributed by atoms with Crippen molar-refractivity contribution in [3.05, 3.63) is 47.0 Å². The fourth-order valence-electron chi connectivity index (χ4n) is 6.22. The van der Waals surface area contributed by atoms with Crippen molar-refractivity contribution >= 4 is 38.4 Å². The Balaban J connectivity index is 1.13. The topological polar surface area (TPSA) is 103 Å². The maximum atomic E-state index is 15.1. The van der Waals surface area contributed by atoms with Gasteiger partial charge in [-0.3, -0.25) is 0 Å². The molecule has 200 valence electrons. The van der Waals surface area contributed by atoms with Crippen LogP contribution in [0.1, 0.15) is 36.6 Å². The molecular weight excluding hydrogens is 505 g/mol. The third-order valence-electron chi connectivity index (χ3n) is 8.68. The lowest BCUT2D eigenvalue weighted by molar-refractivity contribution is 0.242. The maximum absolute atomic E-state index is 15.1. The van der Waals surface area contributed by atoms with Gasteiger partial charge in [-0.25, -0.2) is 27.8 Å². The summed E-state index contributed by atoms with van der Waals surface area (Å²) >= 11 is 0. The minimum absolute atomic E-state index is 0.172. The normalized spacial score (nSPS) is 24.1. The van der Waals surface area contributed by atoms with E-state index in [0.717, 1.165) is 60.6 Å². The number of benzene rings is 1. The van der Waals surface area contributed by atoms with Crippen LogP contribution in [0.4, 0.5) is 21.8 Å². The van der Waals surface area contributed by atoms with Crippen LogP contribution < -0.4 is 15.5 Å². The Hall–Kier alpha value is -2.89. The Bertz CT molecular complexity index is 1550. The van der Waals surface area contributed by atoms with Crippen LogP contribution in [0.5, 0.6) is 0 Å². The first-order valence-electron chi connectivity index (χ1n) is 13.3. The van der Waals surface area contributed by atoms with Gasteiger partial charge in [0.25, 0.3) is 0 Å². The van der Waals surface area contributed by atoms with Gasteiger partial charge < -0.3 is 15.5 Å². The third-order valence-corrected chi connectivity index (χ3v) is 10.6. The van der Waals surface area contributed by atoms with Crippen LogP contribution in [0.15, 0.2) is 24.4 Å².